The van der Waals surface area contributed by atoms with E-state index in [4.69, 9.17) is 4.74 Å². The van der Waals surface area contributed by atoms with E-state index < -0.39 is 22.0 Å². The summed E-state index contributed by atoms with van der Waals surface area (Å²) in [5.41, 5.74) is 0.965. The summed E-state index contributed by atoms with van der Waals surface area (Å²) in [5, 5.41) is 4.34. The molecule has 3 rings (SSSR count). The van der Waals surface area contributed by atoms with Crippen LogP contribution in [-0.2, 0) is 14.8 Å². The van der Waals surface area contributed by atoms with Gasteiger partial charge in [-0.05, 0) is 48.6 Å². The fraction of sp³-hybridized carbons (Fsp3) is 0.250. The molecule has 0 unspecified atom stereocenters. The number of fused-ring (bicyclic) bond motifs is 1. The van der Waals surface area contributed by atoms with E-state index in [9.17, 15) is 18.0 Å². The van der Waals surface area contributed by atoms with E-state index in [1.807, 2.05) is 11.6 Å². The summed E-state index contributed by atoms with van der Waals surface area (Å²) >= 11 is 1.17. The second-order valence-electron chi connectivity index (χ2n) is 5.53. The van der Waals surface area contributed by atoms with Crippen molar-refractivity contribution in [2.75, 3.05) is 5.32 Å². The second kappa shape index (κ2) is 6.49. The molecule has 132 valence electrons. The number of carbonyl (C=O) groups excluding carboxylic acids is 2. The molecule has 1 aliphatic rings. The fourth-order valence-corrected chi connectivity index (χ4v) is 4.27. The van der Waals surface area contributed by atoms with Gasteiger partial charge in [0.25, 0.3) is 21.8 Å². The number of rotatable bonds is 4. The maximum atomic E-state index is 12.5. The molecule has 0 aliphatic carbocycles. The molecular formula is C16H16N2O5S2. The molecule has 1 atom stereocenters. The minimum Gasteiger partial charge on any atom is -0.478 e. The zero-order valence-corrected chi connectivity index (χ0v) is 15.2. The summed E-state index contributed by atoms with van der Waals surface area (Å²) in [6, 6.07) is 5.81. The minimum absolute atomic E-state index is 0.132. The summed E-state index contributed by atoms with van der Waals surface area (Å²) in [4.78, 5) is 24.2. The van der Waals surface area contributed by atoms with Crippen LogP contribution in [0.25, 0.3) is 0 Å². The molecule has 1 aromatic carbocycles. The van der Waals surface area contributed by atoms with Crippen LogP contribution in [0.3, 0.4) is 0 Å². The first-order chi connectivity index (χ1) is 11.8. The Bertz CT molecular complexity index is 949. The lowest BCUT2D eigenvalue weighted by molar-refractivity contribution is -0.123. The van der Waals surface area contributed by atoms with Crippen molar-refractivity contribution in [1.82, 2.24) is 4.72 Å². The van der Waals surface area contributed by atoms with E-state index in [0.717, 1.165) is 0 Å². The normalized spacial score (nSPS) is 16.6. The number of thiophene rings is 1. The van der Waals surface area contributed by atoms with Crippen molar-refractivity contribution in [2.24, 2.45) is 0 Å². The lowest BCUT2D eigenvalue weighted by Gasteiger charge is -2.25. The van der Waals surface area contributed by atoms with Crippen LogP contribution in [0.4, 0.5) is 5.69 Å². The number of carbonyl (C=O) groups is 2. The lowest BCUT2D eigenvalue weighted by Crippen LogP contribution is -2.36. The fourth-order valence-electron chi connectivity index (χ4n) is 2.40. The number of aryl methyl sites for hydroxylation is 1. The van der Waals surface area contributed by atoms with E-state index in [1.165, 1.54) is 29.5 Å². The van der Waals surface area contributed by atoms with Gasteiger partial charge in [-0.3, -0.25) is 9.59 Å². The molecule has 2 aromatic rings. The van der Waals surface area contributed by atoms with Crippen molar-refractivity contribution < 1.29 is 22.7 Å². The molecule has 0 bridgehead atoms. The number of amides is 2. The van der Waals surface area contributed by atoms with E-state index in [0.29, 0.717) is 22.6 Å². The Morgan fingerprint density at radius 1 is 1.36 bits per heavy atom. The molecule has 7 nitrogen and oxygen atoms in total. The summed E-state index contributed by atoms with van der Waals surface area (Å²) in [6.45, 7) is 3.55. The molecule has 25 heavy (non-hydrogen) atoms. The third-order valence-electron chi connectivity index (χ3n) is 3.75. The monoisotopic (exact) mass is 380 g/mol. The van der Waals surface area contributed by atoms with E-state index >= 15 is 0 Å². The van der Waals surface area contributed by atoms with Crippen LogP contribution >= 0.6 is 11.3 Å². The van der Waals surface area contributed by atoms with E-state index in [1.54, 1.807) is 18.4 Å². The average Bonchev–Trinajstić information content (AvgIpc) is 2.99. The Morgan fingerprint density at radius 2 is 2.12 bits per heavy atom. The van der Waals surface area contributed by atoms with Crippen LogP contribution in [0.5, 0.6) is 5.75 Å². The molecule has 0 fully saturated rings. The highest BCUT2D eigenvalue weighted by atomic mass is 32.2. The zero-order valence-electron chi connectivity index (χ0n) is 13.5. The maximum absolute atomic E-state index is 12.5. The van der Waals surface area contributed by atoms with Crippen molar-refractivity contribution in [3.8, 4) is 5.75 Å². The van der Waals surface area contributed by atoms with Crippen LogP contribution < -0.4 is 14.8 Å². The topological polar surface area (TPSA) is 102 Å². The van der Waals surface area contributed by atoms with Crippen LogP contribution in [-0.4, -0.2) is 26.3 Å². The van der Waals surface area contributed by atoms with E-state index in [2.05, 4.69) is 5.32 Å². The van der Waals surface area contributed by atoms with Gasteiger partial charge in [0.05, 0.1) is 15.5 Å². The number of hydrogen-bond donors (Lipinski definition) is 2. The first-order valence-electron chi connectivity index (χ1n) is 7.54. The number of nitrogens with one attached hydrogen (secondary N) is 2. The molecule has 2 amide bonds. The van der Waals surface area contributed by atoms with Gasteiger partial charge in [-0.1, -0.05) is 6.92 Å². The van der Waals surface area contributed by atoms with Gasteiger partial charge in [0.1, 0.15) is 5.75 Å². The highest BCUT2D eigenvalue weighted by Crippen LogP contribution is 2.32. The Kier molecular flexibility index (Phi) is 4.53. The predicted octanol–water partition coefficient (Wildman–Crippen LogP) is 2.28. The molecule has 9 heteroatoms. The SMILES string of the molecule is CC[C@@H]1Oc2ccc(S(=O)(=O)NC(=O)c3sccc3C)cc2NC1=O. The van der Waals surface area contributed by atoms with Crippen molar-refractivity contribution in [3.63, 3.8) is 0 Å². The largest absolute Gasteiger partial charge is 0.478 e. The summed E-state index contributed by atoms with van der Waals surface area (Å²) in [5.74, 6) is -0.620. The van der Waals surface area contributed by atoms with Gasteiger partial charge in [-0.25, -0.2) is 13.1 Å². The first kappa shape index (κ1) is 17.4. The molecule has 2 heterocycles. The number of ether oxygens (including phenoxy) is 1. The van der Waals surface area contributed by atoms with Crippen LogP contribution in [0.2, 0.25) is 0 Å². The summed E-state index contributed by atoms with van der Waals surface area (Å²) in [7, 11) is -4.07. The van der Waals surface area contributed by atoms with Crippen molar-refractivity contribution in [2.45, 2.75) is 31.3 Å². The minimum atomic E-state index is -4.07. The Hall–Kier alpha value is -2.39. The average molecular weight is 380 g/mol. The van der Waals surface area contributed by atoms with Crippen molar-refractivity contribution >= 4 is 38.9 Å². The van der Waals surface area contributed by atoms with Gasteiger partial charge < -0.3 is 10.1 Å². The standard InChI is InChI=1S/C16H16N2O5S2/c1-3-12-15(19)17-11-8-10(4-5-13(11)23-12)25(21,22)18-16(20)14-9(2)6-7-24-14/h4-8,12H,3H2,1-2H3,(H,17,19)(H,18,20)/t12-/m0/s1. The van der Waals surface area contributed by atoms with Gasteiger partial charge >= 0.3 is 0 Å². The molecule has 0 radical (unpaired) electrons. The van der Waals surface area contributed by atoms with Crippen LogP contribution in [0.15, 0.2) is 34.5 Å². The molecule has 0 saturated carbocycles. The summed E-state index contributed by atoms with van der Waals surface area (Å²) in [6.07, 6.45) is -0.0990. The molecule has 1 aliphatic heterocycles. The lowest BCUT2D eigenvalue weighted by atomic mass is 10.2. The Labute approximate surface area is 149 Å². The van der Waals surface area contributed by atoms with Crippen LogP contribution in [0.1, 0.15) is 28.6 Å². The Balaban J connectivity index is 1.86. The van der Waals surface area contributed by atoms with Gasteiger partial charge in [-0.15, -0.1) is 11.3 Å². The smallest absolute Gasteiger partial charge is 0.275 e. The van der Waals surface area contributed by atoms with Gasteiger partial charge in [0, 0.05) is 0 Å². The van der Waals surface area contributed by atoms with Gasteiger partial charge in [-0.2, -0.15) is 0 Å². The Morgan fingerprint density at radius 3 is 2.76 bits per heavy atom. The molecule has 1 aromatic heterocycles. The van der Waals surface area contributed by atoms with Gasteiger partial charge in [0.2, 0.25) is 0 Å². The van der Waals surface area contributed by atoms with E-state index in [-0.39, 0.29) is 16.5 Å². The molecule has 0 saturated heterocycles. The first-order valence-corrected chi connectivity index (χ1v) is 9.91. The third kappa shape index (κ3) is 3.38. The quantitative estimate of drug-likeness (QED) is 0.847. The number of sulfonamides is 1. The van der Waals surface area contributed by atoms with Crippen molar-refractivity contribution in [1.29, 1.82) is 0 Å². The molecule has 0 spiro atoms. The molecule has 2 N–H and O–H groups in total. The van der Waals surface area contributed by atoms with Crippen molar-refractivity contribution in [3.05, 3.63) is 40.1 Å². The third-order valence-corrected chi connectivity index (χ3v) is 6.09. The number of hydrogen-bond acceptors (Lipinski definition) is 6. The zero-order chi connectivity index (χ0) is 18.2. The molecular weight excluding hydrogens is 364 g/mol. The second-order valence-corrected chi connectivity index (χ2v) is 8.13. The summed E-state index contributed by atoms with van der Waals surface area (Å²) < 4.78 is 32.5. The number of anilines is 1. The number of benzene rings is 1. The highest BCUT2D eigenvalue weighted by Gasteiger charge is 2.28. The maximum Gasteiger partial charge on any atom is 0.275 e. The van der Waals surface area contributed by atoms with Crippen LogP contribution in [0, 0.1) is 6.92 Å². The van der Waals surface area contributed by atoms with Gasteiger partial charge in [0.15, 0.2) is 6.10 Å². The highest BCUT2D eigenvalue weighted by molar-refractivity contribution is 7.90. The predicted molar refractivity (Wildman–Crippen MR) is 93.5 cm³/mol.